The SMILES string of the molecule is SN1CC2CCCC(CC2)C1. The molecule has 0 amide bonds. The first kappa shape index (κ1) is 7.93. The quantitative estimate of drug-likeness (QED) is 0.548. The van der Waals surface area contributed by atoms with Crippen LogP contribution in [0.4, 0.5) is 0 Å². The maximum absolute atomic E-state index is 4.47. The molecular weight excluding hydrogens is 154 g/mol. The molecule has 0 spiro atoms. The second-order valence-corrected chi connectivity index (χ2v) is 4.68. The zero-order chi connectivity index (χ0) is 7.68. The van der Waals surface area contributed by atoms with Crippen molar-refractivity contribution in [3.05, 3.63) is 0 Å². The van der Waals surface area contributed by atoms with Crippen molar-refractivity contribution in [2.24, 2.45) is 11.8 Å². The Kier molecular flexibility index (Phi) is 2.42. The van der Waals surface area contributed by atoms with E-state index in [4.69, 9.17) is 0 Å². The van der Waals surface area contributed by atoms with Crippen molar-refractivity contribution in [2.45, 2.75) is 32.1 Å². The molecule has 2 heteroatoms. The molecule has 2 aliphatic rings. The highest BCUT2D eigenvalue weighted by molar-refractivity contribution is 7.77. The van der Waals surface area contributed by atoms with Gasteiger partial charge in [-0.15, -0.1) is 0 Å². The third-order valence-electron chi connectivity index (χ3n) is 3.15. The highest BCUT2D eigenvalue weighted by atomic mass is 32.1. The van der Waals surface area contributed by atoms with Crippen LogP contribution in [0.15, 0.2) is 0 Å². The summed E-state index contributed by atoms with van der Waals surface area (Å²) < 4.78 is 2.24. The summed E-state index contributed by atoms with van der Waals surface area (Å²) >= 11 is 4.47. The number of hydrogen-bond donors (Lipinski definition) is 1. The van der Waals surface area contributed by atoms with E-state index < -0.39 is 0 Å². The summed E-state index contributed by atoms with van der Waals surface area (Å²) in [5, 5.41) is 0. The van der Waals surface area contributed by atoms with Gasteiger partial charge in [-0.05, 0) is 37.5 Å². The molecule has 2 rings (SSSR count). The molecule has 2 fully saturated rings. The third-order valence-corrected chi connectivity index (χ3v) is 3.47. The second kappa shape index (κ2) is 3.36. The molecule has 1 saturated carbocycles. The predicted octanol–water partition coefficient (Wildman–Crippen LogP) is 2.34. The van der Waals surface area contributed by atoms with Gasteiger partial charge in [-0.3, -0.25) is 4.31 Å². The number of nitrogens with zero attached hydrogens (tertiary/aromatic N) is 1. The maximum Gasteiger partial charge on any atom is 0.0115 e. The molecule has 2 unspecified atom stereocenters. The lowest BCUT2D eigenvalue weighted by molar-refractivity contribution is 0.320. The molecular formula is C9H17NS. The van der Waals surface area contributed by atoms with E-state index in [1.807, 2.05) is 0 Å². The highest BCUT2D eigenvalue weighted by Gasteiger charge is 2.25. The average molecular weight is 171 g/mol. The zero-order valence-electron chi connectivity index (χ0n) is 7.00. The molecule has 11 heavy (non-hydrogen) atoms. The van der Waals surface area contributed by atoms with Crippen LogP contribution in [-0.4, -0.2) is 17.4 Å². The minimum Gasteiger partial charge on any atom is -0.253 e. The van der Waals surface area contributed by atoms with Crippen LogP contribution >= 0.6 is 12.8 Å². The maximum atomic E-state index is 4.47. The van der Waals surface area contributed by atoms with Crippen LogP contribution in [0.2, 0.25) is 0 Å². The third kappa shape index (κ3) is 1.91. The van der Waals surface area contributed by atoms with Gasteiger partial charge in [0.05, 0.1) is 0 Å². The number of hydrogen-bond acceptors (Lipinski definition) is 2. The van der Waals surface area contributed by atoms with Crippen molar-refractivity contribution in [3.8, 4) is 0 Å². The summed E-state index contributed by atoms with van der Waals surface area (Å²) in [6.45, 7) is 2.47. The minimum atomic E-state index is 0.958. The summed E-state index contributed by atoms with van der Waals surface area (Å²) in [6.07, 6.45) is 7.29. The predicted molar refractivity (Wildman–Crippen MR) is 50.6 cm³/mol. The fourth-order valence-corrected chi connectivity index (χ4v) is 2.95. The monoisotopic (exact) mass is 171 g/mol. The Morgan fingerprint density at radius 3 is 2.00 bits per heavy atom. The molecule has 0 aromatic carbocycles. The molecule has 2 bridgehead atoms. The standard InChI is InChI=1S/C9H17NS/c11-10-6-8-2-1-3-9(7-10)5-4-8/h8-9,11H,1-7H2. The van der Waals surface area contributed by atoms with Gasteiger partial charge < -0.3 is 0 Å². The summed E-state index contributed by atoms with van der Waals surface area (Å²) in [7, 11) is 0. The molecule has 64 valence electrons. The Morgan fingerprint density at radius 2 is 1.45 bits per heavy atom. The molecule has 0 aromatic heterocycles. The van der Waals surface area contributed by atoms with Gasteiger partial charge in [0.1, 0.15) is 0 Å². The van der Waals surface area contributed by atoms with Gasteiger partial charge in [-0.25, -0.2) is 0 Å². The Labute approximate surface area is 74.7 Å². The van der Waals surface area contributed by atoms with Gasteiger partial charge in [0.25, 0.3) is 0 Å². The summed E-state index contributed by atoms with van der Waals surface area (Å²) in [5.41, 5.74) is 0. The summed E-state index contributed by atoms with van der Waals surface area (Å²) in [4.78, 5) is 0. The van der Waals surface area contributed by atoms with Crippen molar-refractivity contribution in [1.82, 2.24) is 4.31 Å². The van der Waals surface area contributed by atoms with Crippen molar-refractivity contribution in [3.63, 3.8) is 0 Å². The van der Waals surface area contributed by atoms with Crippen LogP contribution in [0, 0.1) is 11.8 Å². The van der Waals surface area contributed by atoms with E-state index in [1.165, 1.54) is 45.2 Å². The lowest BCUT2D eigenvalue weighted by Gasteiger charge is -2.23. The van der Waals surface area contributed by atoms with Crippen LogP contribution in [0.5, 0.6) is 0 Å². The Hall–Kier alpha value is 0.310. The zero-order valence-corrected chi connectivity index (χ0v) is 7.89. The van der Waals surface area contributed by atoms with E-state index in [9.17, 15) is 0 Å². The van der Waals surface area contributed by atoms with Gasteiger partial charge in [-0.1, -0.05) is 19.2 Å². The van der Waals surface area contributed by atoms with Crippen LogP contribution in [0.25, 0.3) is 0 Å². The molecule has 1 aliphatic heterocycles. The number of thiol groups is 1. The van der Waals surface area contributed by atoms with E-state index in [0.717, 1.165) is 11.8 Å². The molecule has 0 radical (unpaired) electrons. The fourth-order valence-electron chi connectivity index (χ4n) is 2.49. The average Bonchev–Trinajstić information content (AvgIpc) is 2.19. The molecule has 1 aliphatic carbocycles. The summed E-state index contributed by atoms with van der Waals surface area (Å²) in [5.74, 6) is 1.92. The van der Waals surface area contributed by atoms with Gasteiger partial charge in [0, 0.05) is 13.1 Å². The molecule has 0 N–H and O–H groups in total. The van der Waals surface area contributed by atoms with Crippen molar-refractivity contribution in [1.29, 1.82) is 0 Å². The van der Waals surface area contributed by atoms with Crippen molar-refractivity contribution < 1.29 is 0 Å². The van der Waals surface area contributed by atoms with Crippen LogP contribution in [0.1, 0.15) is 32.1 Å². The first-order valence-corrected chi connectivity index (χ1v) is 5.18. The molecule has 1 saturated heterocycles. The topological polar surface area (TPSA) is 3.24 Å². The van der Waals surface area contributed by atoms with Crippen molar-refractivity contribution in [2.75, 3.05) is 13.1 Å². The molecule has 1 heterocycles. The molecule has 2 atom stereocenters. The Balaban J connectivity index is 2.04. The second-order valence-electron chi connectivity index (χ2n) is 4.11. The number of fused-ring (bicyclic) bond motifs is 3. The Morgan fingerprint density at radius 1 is 0.909 bits per heavy atom. The first-order chi connectivity index (χ1) is 5.34. The minimum absolute atomic E-state index is 0.958. The smallest absolute Gasteiger partial charge is 0.0115 e. The van der Waals surface area contributed by atoms with Crippen molar-refractivity contribution >= 4 is 12.8 Å². The van der Waals surface area contributed by atoms with E-state index in [2.05, 4.69) is 17.1 Å². The van der Waals surface area contributed by atoms with Crippen LogP contribution < -0.4 is 0 Å². The van der Waals surface area contributed by atoms with Gasteiger partial charge >= 0.3 is 0 Å². The fraction of sp³-hybridized carbons (Fsp3) is 1.00. The van der Waals surface area contributed by atoms with Crippen LogP contribution in [-0.2, 0) is 0 Å². The van der Waals surface area contributed by atoms with Crippen LogP contribution in [0.3, 0.4) is 0 Å². The largest absolute Gasteiger partial charge is 0.253 e. The number of rotatable bonds is 0. The Bertz CT molecular complexity index is 124. The van der Waals surface area contributed by atoms with E-state index in [1.54, 1.807) is 0 Å². The lowest BCUT2D eigenvalue weighted by Crippen LogP contribution is -2.24. The highest BCUT2D eigenvalue weighted by Crippen LogP contribution is 2.32. The molecule has 1 nitrogen and oxygen atoms in total. The molecule has 0 aromatic rings. The van der Waals surface area contributed by atoms with E-state index in [0.29, 0.717) is 0 Å². The lowest BCUT2D eigenvalue weighted by atomic mass is 10.0. The van der Waals surface area contributed by atoms with E-state index in [-0.39, 0.29) is 0 Å². The van der Waals surface area contributed by atoms with E-state index >= 15 is 0 Å². The van der Waals surface area contributed by atoms with Gasteiger partial charge in [-0.2, -0.15) is 0 Å². The van der Waals surface area contributed by atoms with Gasteiger partial charge in [0.2, 0.25) is 0 Å². The van der Waals surface area contributed by atoms with Gasteiger partial charge in [0.15, 0.2) is 0 Å². The normalized spacial score (nSPS) is 40.1. The first-order valence-electron chi connectivity index (χ1n) is 4.78. The summed E-state index contributed by atoms with van der Waals surface area (Å²) in [6, 6.07) is 0.